The quantitative estimate of drug-likeness (QED) is 0.864. The first-order chi connectivity index (χ1) is 9.45. The van der Waals surface area contributed by atoms with Crippen LogP contribution in [-0.4, -0.2) is 25.3 Å². The maximum absolute atomic E-state index is 12.5. The monoisotopic (exact) mass is 312 g/mol. The van der Waals surface area contributed by atoms with Crippen LogP contribution in [0.5, 0.6) is 0 Å². The first-order valence-electron chi connectivity index (χ1n) is 6.37. The van der Waals surface area contributed by atoms with Gasteiger partial charge in [0.1, 0.15) is 0 Å². The second kappa shape index (κ2) is 6.08. The summed E-state index contributed by atoms with van der Waals surface area (Å²) in [5.74, 6) is 0.459. The normalized spacial score (nSPS) is 15.2. The van der Waals surface area contributed by atoms with Gasteiger partial charge < -0.3 is 0 Å². The number of hydrogen-bond donors (Lipinski definition) is 1. The van der Waals surface area contributed by atoms with Gasteiger partial charge in [0.05, 0.1) is 10.4 Å². The van der Waals surface area contributed by atoms with E-state index in [1.807, 2.05) is 13.8 Å². The highest BCUT2D eigenvalue weighted by molar-refractivity contribution is 7.89. The van der Waals surface area contributed by atoms with Gasteiger partial charge in [-0.3, -0.25) is 4.98 Å². The molecule has 20 heavy (non-hydrogen) atoms. The molecular formula is C14H17ClN2O2S. The zero-order valence-corrected chi connectivity index (χ0v) is 12.9. The molecule has 0 saturated heterocycles. The van der Waals surface area contributed by atoms with E-state index in [9.17, 15) is 8.42 Å². The maximum atomic E-state index is 12.5. The highest BCUT2D eigenvalue weighted by Crippen LogP contribution is 2.21. The van der Waals surface area contributed by atoms with E-state index < -0.39 is 10.0 Å². The molecule has 2 atom stereocenters. The van der Waals surface area contributed by atoms with Gasteiger partial charge in [-0.05, 0) is 37.1 Å². The Hall–Kier alpha value is -1.17. The molecule has 0 amide bonds. The number of rotatable bonds is 5. The topological polar surface area (TPSA) is 59.1 Å². The van der Waals surface area contributed by atoms with Crippen molar-refractivity contribution < 1.29 is 8.42 Å². The van der Waals surface area contributed by atoms with Gasteiger partial charge in [0, 0.05) is 23.5 Å². The van der Waals surface area contributed by atoms with Crippen LogP contribution in [-0.2, 0) is 10.0 Å². The molecule has 2 rings (SSSR count). The van der Waals surface area contributed by atoms with Gasteiger partial charge in [-0.2, -0.15) is 0 Å². The number of benzene rings is 1. The van der Waals surface area contributed by atoms with Crippen molar-refractivity contribution in [2.24, 2.45) is 5.92 Å². The van der Waals surface area contributed by atoms with Crippen molar-refractivity contribution in [1.29, 1.82) is 0 Å². The minimum atomic E-state index is -3.59. The number of sulfonamides is 1. The number of nitrogens with zero attached hydrogens (tertiary/aromatic N) is 1. The Morgan fingerprint density at radius 2 is 2.00 bits per heavy atom. The van der Waals surface area contributed by atoms with Crippen molar-refractivity contribution in [2.45, 2.75) is 24.8 Å². The molecule has 0 fully saturated rings. The highest BCUT2D eigenvalue weighted by Gasteiger charge is 2.22. The summed E-state index contributed by atoms with van der Waals surface area (Å²) in [7, 11) is -3.59. The maximum Gasteiger partial charge on any atom is 0.241 e. The molecule has 0 spiro atoms. The summed E-state index contributed by atoms with van der Waals surface area (Å²) >= 11 is 5.77. The van der Waals surface area contributed by atoms with E-state index >= 15 is 0 Å². The molecule has 0 aliphatic heterocycles. The average molecular weight is 313 g/mol. The van der Waals surface area contributed by atoms with E-state index in [4.69, 9.17) is 11.6 Å². The van der Waals surface area contributed by atoms with Crippen LogP contribution in [0.15, 0.2) is 41.4 Å². The lowest BCUT2D eigenvalue weighted by molar-refractivity contribution is 0.481. The Morgan fingerprint density at radius 1 is 1.25 bits per heavy atom. The van der Waals surface area contributed by atoms with Gasteiger partial charge in [-0.15, -0.1) is 11.6 Å². The average Bonchev–Trinajstić information content (AvgIpc) is 2.45. The Kier molecular flexibility index (Phi) is 4.62. The number of pyridine rings is 1. The van der Waals surface area contributed by atoms with Gasteiger partial charge in [0.25, 0.3) is 0 Å². The van der Waals surface area contributed by atoms with Gasteiger partial charge in [-0.25, -0.2) is 13.1 Å². The van der Waals surface area contributed by atoms with E-state index in [-0.39, 0.29) is 16.9 Å². The lowest BCUT2D eigenvalue weighted by Crippen LogP contribution is -2.37. The SMILES string of the molecule is CC(CCl)C(C)NS(=O)(=O)c1cccc2ncccc12. The predicted octanol–water partition coefficient (Wildman–Crippen LogP) is 2.78. The number of hydrogen-bond acceptors (Lipinski definition) is 3. The molecule has 2 aromatic rings. The van der Waals surface area contributed by atoms with Crippen molar-refractivity contribution >= 4 is 32.5 Å². The Bertz CT molecular complexity index is 698. The van der Waals surface area contributed by atoms with E-state index in [0.717, 1.165) is 0 Å². The molecule has 1 heterocycles. The van der Waals surface area contributed by atoms with Gasteiger partial charge >= 0.3 is 0 Å². The molecule has 6 heteroatoms. The van der Waals surface area contributed by atoms with Gasteiger partial charge in [0.2, 0.25) is 10.0 Å². The van der Waals surface area contributed by atoms with Crippen LogP contribution in [0.25, 0.3) is 10.9 Å². The fraction of sp³-hybridized carbons (Fsp3) is 0.357. The zero-order valence-electron chi connectivity index (χ0n) is 11.4. The molecule has 1 aromatic carbocycles. The van der Waals surface area contributed by atoms with E-state index in [2.05, 4.69) is 9.71 Å². The van der Waals surface area contributed by atoms with Crippen LogP contribution in [0.1, 0.15) is 13.8 Å². The summed E-state index contributed by atoms with van der Waals surface area (Å²) in [6.45, 7) is 3.72. The smallest absolute Gasteiger partial charge is 0.241 e. The third-order valence-electron chi connectivity index (χ3n) is 3.33. The molecular weight excluding hydrogens is 296 g/mol. The number of alkyl halides is 1. The zero-order chi connectivity index (χ0) is 14.8. The van der Waals surface area contributed by atoms with Crippen molar-refractivity contribution in [3.8, 4) is 0 Å². The van der Waals surface area contributed by atoms with Crippen molar-refractivity contribution in [3.63, 3.8) is 0 Å². The minimum Gasteiger partial charge on any atom is -0.256 e. The molecule has 0 saturated carbocycles. The molecule has 0 aliphatic carbocycles. The Balaban J connectivity index is 2.42. The first kappa shape index (κ1) is 15.2. The third kappa shape index (κ3) is 3.11. The fourth-order valence-electron chi connectivity index (χ4n) is 1.87. The number of halogens is 1. The third-order valence-corrected chi connectivity index (χ3v) is 5.44. The second-order valence-electron chi connectivity index (χ2n) is 4.87. The van der Waals surface area contributed by atoms with Crippen LogP contribution < -0.4 is 4.72 Å². The molecule has 4 nitrogen and oxygen atoms in total. The largest absolute Gasteiger partial charge is 0.256 e. The van der Waals surface area contributed by atoms with Crippen LogP contribution in [0, 0.1) is 5.92 Å². The second-order valence-corrected chi connectivity index (χ2v) is 6.86. The minimum absolute atomic E-state index is 0.0551. The molecule has 0 radical (unpaired) electrons. The summed E-state index contributed by atoms with van der Waals surface area (Å²) in [4.78, 5) is 4.42. The number of fused-ring (bicyclic) bond motifs is 1. The fourth-order valence-corrected chi connectivity index (χ4v) is 3.70. The van der Waals surface area contributed by atoms with Crippen LogP contribution in [0.3, 0.4) is 0 Å². The summed E-state index contributed by atoms with van der Waals surface area (Å²) in [6.07, 6.45) is 1.64. The molecule has 1 aromatic heterocycles. The lowest BCUT2D eigenvalue weighted by Gasteiger charge is -2.19. The molecule has 0 aliphatic rings. The van der Waals surface area contributed by atoms with Gasteiger partial charge in [0.15, 0.2) is 0 Å². The summed E-state index contributed by atoms with van der Waals surface area (Å²) in [5, 5.41) is 0.619. The van der Waals surface area contributed by atoms with Crippen LogP contribution in [0.4, 0.5) is 0 Å². The van der Waals surface area contributed by atoms with E-state index in [0.29, 0.717) is 16.8 Å². The first-order valence-corrected chi connectivity index (χ1v) is 8.39. The number of nitrogens with one attached hydrogen (secondary N) is 1. The van der Waals surface area contributed by atoms with Crippen molar-refractivity contribution in [1.82, 2.24) is 9.71 Å². The molecule has 2 unspecified atom stereocenters. The van der Waals surface area contributed by atoms with E-state index in [1.165, 1.54) is 0 Å². The number of aromatic nitrogens is 1. The molecule has 0 bridgehead atoms. The van der Waals surface area contributed by atoms with Gasteiger partial charge in [-0.1, -0.05) is 13.0 Å². The van der Waals surface area contributed by atoms with Crippen LogP contribution in [0.2, 0.25) is 0 Å². The molecule has 108 valence electrons. The van der Waals surface area contributed by atoms with Crippen molar-refractivity contribution in [3.05, 3.63) is 36.5 Å². The van der Waals surface area contributed by atoms with Crippen LogP contribution >= 0.6 is 11.6 Å². The Morgan fingerprint density at radius 3 is 2.70 bits per heavy atom. The highest BCUT2D eigenvalue weighted by atomic mass is 35.5. The summed E-state index contributed by atoms with van der Waals surface area (Å²) < 4.78 is 27.7. The molecule has 1 N–H and O–H groups in total. The standard InChI is InChI=1S/C14H17ClN2O2S/c1-10(9-15)11(2)17-20(18,19)14-7-3-6-13-12(14)5-4-8-16-13/h3-8,10-11,17H,9H2,1-2H3. The summed E-state index contributed by atoms with van der Waals surface area (Å²) in [5.41, 5.74) is 0.661. The lowest BCUT2D eigenvalue weighted by atomic mass is 10.1. The Labute approximate surface area is 124 Å². The van der Waals surface area contributed by atoms with E-state index in [1.54, 1.807) is 36.5 Å². The van der Waals surface area contributed by atoms with Crippen molar-refractivity contribution in [2.75, 3.05) is 5.88 Å². The predicted molar refractivity (Wildman–Crippen MR) is 81.4 cm³/mol. The summed E-state index contributed by atoms with van der Waals surface area (Å²) in [6, 6.07) is 8.33.